The molecule has 2 aliphatic rings. The molecule has 2 fully saturated rings. The maximum Gasteiger partial charge on any atom is 0.205 e. The van der Waals surface area contributed by atoms with Crippen molar-refractivity contribution in [3.8, 4) is 0 Å². The fourth-order valence-electron chi connectivity index (χ4n) is 2.61. The molecule has 0 unspecified atom stereocenters. The van der Waals surface area contributed by atoms with Crippen molar-refractivity contribution in [1.29, 1.82) is 0 Å². The van der Waals surface area contributed by atoms with E-state index in [9.17, 15) is 0 Å². The van der Waals surface area contributed by atoms with Crippen LogP contribution in [0, 0.1) is 6.92 Å². The summed E-state index contributed by atoms with van der Waals surface area (Å²) < 4.78 is 9.94. The Bertz CT molecular complexity index is 383. The smallest absolute Gasteiger partial charge is 0.205 e. The Hall–Kier alpha value is -0.720. The van der Waals surface area contributed by atoms with Gasteiger partial charge in [0.25, 0.3) is 0 Å². The molecular formula is C12H20N4OS. The zero-order valence-corrected chi connectivity index (χ0v) is 11.7. The van der Waals surface area contributed by atoms with Crippen molar-refractivity contribution in [2.24, 2.45) is 0 Å². The summed E-state index contributed by atoms with van der Waals surface area (Å²) in [7, 11) is 0. The molecule has 0 amide bonds. The minimum Gasteiger partial charge on any atom is -0.377 e. The molecule has 0 N–H and O–H groups in total. The van der Waals surface area contributed by atoms with Crippen LogP contribution in [-0.2, 0) is 4.74 Å². The van der Waals surface area contributed by atoms with Crippen LogP contribution in [-0.4, -0.2) is 59.7 Å². The van der Waals surface area contributed by atoms with Gasteiger partial charge in [-0.15, -0.1) is 0 Å². The predicted octanol–water partition coefficient (Wildman–Crippen LogP) is 1.15. The van der Waals surface area contributed by atoms with Crippen LogP contribution in [0.3, 0.4) is 0 Å². The van der Waals surface area contributed by atoms with E-state index >= 15 is 0 Å². The lowest BCUT2D eigenvalue weighted by Crippen LogP contribution is -2.48. The maximum atomic E-state index is 5.69. The lowest BCUT2D eigenvalue weighted by atomic mass is 10.2. The van der Waals surface area contributed by atoms with Crippen LogP contribution in [0.2, 0.25) is 0 Å². The van der Waals surface area contributed by atoms with E-state index in [0.717, 1.165) is 50.3 Å². The summed E-state index contributed by atoms with van der Waals surface area (Å²) in [6, 6.07) is 0. The Morgan fingerprint density at radius 2 is 2.17 bits per heavy atom. The molecule has 0 spiro atoms. The molecule has 0 bridgehead atoms. The number of aromatic nitrogens is 2. The van der Waals surface area contributed by atoms with Gasteiger partial charge in [0.1, 0.15) is 5.82 Å². The van der Waals surface area contributed by atoms with Crippen LogP contribution in [0.1, 0.15) is 18.7 Å². The minimum absolute atomic E-state index is 0.473. The highest BCUT2D eigenvalue weighted by molar-refractivity contribution is 7.09. The highest BCUT2D eigenvalue weighted by Gasteiger charge is 2.23. The summed E-state index contributed by atoms with van der Waals surface area (Å²) in [5.41, 5.74) is 0. The molecule has 18 heavy (non-hydrogen) atoms. The number of anilines is 1. The van der Waals surface area contributed by atoms with E-state index in [1.807, 2.05) is 6.92 Å². The van der Waals surface area contributed by atoms with Gasteiger partial charge < -0.3 is 9.64 Å². The second-order valence-corrected chi connectivity index (χ2v) is 5.78. The van der Waals surface area contributed by atoms with E-state index in [1.165, 1.54) is 24.4 Å². The summed E-state index contributed by atoms with van der Waals surface area (Å²) in [6.45, 7) is 8.34. The molecule has 0 aliphatic carbocycles. The molecule has 1 atom stereocenters. The largest absolute Gasteiger partial charge is 0.377 e. The average Bonchev–Trinajstić information content (AvgIpc) is 3.02. The normalized spacial score (nSPS) is 25.8. The second-order valence-electron chi connectivity index (χ2n) is 5.05. The third-order valence-corrected chi connectivity index (χ3v) is 4.51. The topological polar surface area (TPSA) is 41.5 Å². The molecule has 1 aromatic heterocycles. The predicted molar refractivity (Wildman–Crippen MR) is 72.3 cm³/mol. The molecule has 5 nitrogen and oxygen atoms in total. The van der Waals surface area contributed by atoms with Gasteiger partial charge >= 0.3 is 0 Å². The van der Waals surface area contributed by atoms with Crippen molar-refractivity contribution in [1.82, 2.24) is 14.3 Å². The van der Waals surface area contributed by atoms with Gasteiger partial charge in [0.05, 0.1) is 6.10 Å². The fraction of sp³-hybridized carbons (Fsp3) is 0.833. The van der Waals surface area contributed by atoms with E-state index in [1.54, 1.807) is 0 Å². The SMILES string of the molecule is Cc1nsc(N2CCN(C[C@@H]3CCCO3)CC2)n1. The summed E-state index contributed by atoms with van der Waals surface area (Å²) in [6.07, 6.45) is 2.94. The molecule has 3 heterocycles. The van der Waals surface area contributed by atoms with Crippen LogP contribution >= 0.6 is 11.5 Å². The van der Waals surface area contributed by atoms with Crippen LogP contribution in [0.5, 0.6) is 0 Å². The Kier molecular flexibility index (Phi) is 3.77. The molecule has 100 valence electrons. The molecule has 0 aromatic carbocycles. The lowest BCUT2D eigenvalue weighted by molar-refractivity contribution is 0.0713. The Balaban J connectivity index is 1.48. The van der Waals surface area contributed by atoms with Crippen molar-refractivity contribution in [2.75, 3.05) is 44.2 Å². The van der Waals surface area contributed by atoms with Crippen LogP contribution in [0.4, 0.5) is 5.13 Å². The van der Waals surface area contributed by atoms with Gasteiger partial charge in [0.2, 0.25) is 5.13 Å². The number of rotatable bonds is 3. The third-order valence-electron chi connectivity index (χ3n) is 3.65. The number of nitrogens with zero attached hydrogens (tertiary/aromatic N) is 4. The van der Waals surface area contributed by atoms with E-state index in [-0.39, 0.29) is 0 Å². The summed E-state index contributed by atoms with van der Waals surface area (Å²) in [4.78, 5) is 9.31. The average molecular weight is 268 g/mol. The molecule has 0 radical (unpaired) electrons. The summed E-state index contributed by atoms with van der Waals surface area (Å²) >= 11 is 1.51. The highest BCUT2D eigenvalue weighted by Crippen LogP contribution is 2.20. The van der Waals surface area contributed by atoms with Crippen molar-refractivity contribution in [3.05, 3.63) is 5.82 Å². The number of hydrogen-bond acceptors (Lipinski definition) is 6. The van der Waals surface area contributed by atoms with Gasteiger partial charge in [-0.1, -0.05) is 0 Å². The number of hydrogen-bond donors (Lipinski definition) is 0. The third kappa shape index (κ3) is 2.81. The second kappa shape index (κ2) is 5.50. The zero-order chi connectivity index (χ0) is 12.4. The molecule has 1 aromatic rings. The van der Waals surface area contributed by atoms with Gasteiger partial charge in [-0.3, -0.25) is 4.90 Å². The van der Waals surface area contributed by atoms with Crippen LogP contribution < -0.4 is 4.90 Å². The van der Waals surface area contributed by atoms with Gasteiger partial charge in [-0.25, -0.2) is 4.98 Å². The van der Waals surface area contributed by atoms with Crippen molar-refractivity contribution >= 4 is 16.7 Å². The quantitative estimate of drug-likeness (QED) is 0.822. The Morgan fingerprint density at radius 3 is 2.78 bits per heavy atom. The minimum atomic E-state index is 0.473. The Morgan fingerprint density at radius 1 is 1.33 bits per heavy atom. The fourth-order valence-corrected chi connectivity index (χ4v) is 3.34. The van der Waals surface area contributed by atoms with Crippen molar-refractivity contribution in [3.63, 3.8) is 0 Å². The molecule has 2 aliphatic heterocycles. The molecule has 3 rings (SSSR count). The molecule has 0 saturated carbocycles. The highest BCUT2D eigenvalue weighted by atomic mass is 32.1. The van der Waals surface area contributed by atoms with Gasteiger partial charge in [-0.2, -0.15) is 4.37 Å². The van der Waals surface area contributed by atoms with Crippen molar-refractivity contribution in [2.45, 2.75) is 25.9 Å². The molecule has 2 saturated heterocycles. The monoisotopic (exact) mass is 268 g/mol. The first-order valence-corrected chi connectivity index (χ1v) is 7.48. The van der Waals surface area contributed by atoms with Gasteiger partial charge in [-0.05, 0) is 19.8 Å². The van der Waals surface area contributed by atoms with E-state index < -0.39 is 0 Å². The number of ether oxygens (including phenoxy) is 1. The van der Waals surface area contributed by atoms with Gasteiger partial charge in [0, 0.05) is 50.9 Å². The van der Waals surface area contributed by atoms with Crippen molar-refractivity contribution < 1.29 is 4.74 Å². The maximum absolute atomic E-state index is 5.69. The van der Waals surface area contributed by atoms with E-state index in [4.69, 9.17) is 4.74 Å². The van der Waals surface area contributed by atoms with Crippen LogP contribution in [0.15, 0.2) is 0 Å². The molecular weight excluding hydrogens is 248 g/mol. The Labute approximate surface area is 112 Å². The first-order chi connectivity index (χ1) is 8.81. The molecule has 6 heteroatoms. The zero-order valence-electron chi connectivity index (χ0n) is 10.8. The lowest BCUT2D eigenvalue weighted by Gasteiger charge is -2.35. The van der Waals surface area contributed by atoms with Crippen LogP contribution in [0.25, 0.3) is 0 Å². The number of aryl methyl sites for hydroxylation is 1. The van der Waals surface area contributed by atoms with E-state index in [2.05, 4.69) is 19.2 Å². The van der Waals surface area contributed by atoms with Gasteiger partial charge in [0.15, 0.2) is 0 Å². The first kappa shape index (κ1) is 12.3. The summed E-state index contributed by atoms with van der Waals surface area (Å²) in [5.74, 6) is 0.886. The van der Waals surface area contributed by atoms with E-state index in [0.29, 0.717) is 6.10 Å². The summed E-state index contributed by atoms with van der Waals surface area (Å²) in [5, 5.41) is 1.07. The standard InChI is InChI=1S/C12H20N4OS/c1-10-13-12(18-14-10)16-6-4-15(5-7-16)9-11-3-2-8-17-11/h11H,2-9H2,1H3/t11-/m0/s1. The number of piperazine rings is 1. The first-order valence-electron chi connectivity index (χ1n) is 6.70.